The standard InChI is InChI=1S/C18H19FN4O3/c19-14-4-2-1-3-12(14)17(24)23-6-5-15-13(11-23)16(21-20-15)18(25)22-7-9-26-10-8-22/h1-4H,5-11H2,(H,20,21). The Balaban J connectivity index is 1.56. The van der Waals surface area contributed by atoms with Crippen LogP contribution in [-0.4, -0.2) is 64.7 Å². The molecule has 0 saturated carbocycles. The first-order valence-corrected chi connectivity index (χ1v) is 8.62. The van der Waals surface area contributed by atoms with Gasteiger partial charge in [-0.05, 0) is 12.1 Å². The van der Waals surface area contributed by atoms with E-state index in [2.05, 4.69) is 10.2 Å². The molecule has 0 spiro atoms. The maximum Gasteiger partial charge on any atom is 0.274 e. The van der Waals surface area contributed by atoms with Crippen molar-refractivity contribution in [2.24, 2.45) is 0 Å². The average Bonchev–Trinajstić information content (AvgIpc) is 3.11. The molecule has 1 fully saturated rings. The highest BCUT2D eigenvalue weighted by Crippen LogP contribution is 2.23. The Morgan fingerprint density at radius 2 is 1.85 bits per heavy atom. The van der Waals surface area contributed by atoms with Gasteiger partial charge in [0.1, 0.15) is 5.82 Å². The molecule has 0 radical (unpaired) electrons. The fourth-order valence-corrected chi connectivity index (χ4v) is 3.37. The predicted molar refractivity (Wildman–Crippen MR) is 90.2 cm³/mol. The minimum absolute atomic E-state index is 0.0421. The van der Waals surface area contributed by atoms with E-state index in [0.29, 0.717) is 45.0 Å². The summed E-state index contributed by atoms with van der Waals surface area (Å²) in [7, 11) is 0. The van der Waals surface area contributed by atoms with E-state index < -0.39 is 5.82 Å². The normalized spacial score (nSPS) is 17.1. The molecule has 26 heavy (non-hydrogen) atoms. The van der Waals surface area contributed by atoms with E-state index in [1.54, 1.807) is 21.9 Å². The van der Waals surface area contributed by atoms with Crippen LogP contribution in [0.2, 0.25) is 0 Å². The van der Waals surface area contributed by atoms with Gasteiger partial charge in [0.15, 0.2) is 5.69 Å². The second-order valence-corrected chi connectivity index (χ2v) is 6.39. The number of nitrogens with zero attached hydrogens (tertiary/aromatic N) is 3. The molecule has 2 aromatic rings. The second-order valence-electron chi connectivity index (χ2n) is 6.39. The zero-order valence-corrected chi connectivity index (χ0v) is 14.2. The molecule has 0 atom stereocenters. The van der Waals surface area contributed by atoms with E-state index in [-0.39, 0.29) is 23.9 Å². The Morgan fingerprint density at radius 3 is 2.62 bits per heavy atom. The third-order valence-electron chi connectivity index (χ3n) is 4.83. The van der Waals surface area contributed by atoms with Crippen LogP contribution in [-0.2, 0) is 17.7 Å². The van der Waals surface area contributed by atoms with E-state index in [0.717, 1.165) is 11.3 Å². The van der Waals surface area contributed by atoms with Crippen LogP contribution >= 0.6 is 0 Å². The maximum atomic E-state index is 13.9. The zero-order valence-electron chi connectivity index (χ0n) is 14.2. The molecule has 136 valence electrons. The number of H-pyrrole nitrogens is 1. The molecule has 1 saturated heterocycles. The van der Waals surface area contributed by atoms with Gasteiger partial charge in [-0.3, -0.25) is 14.7 Å². The minimum Gasteiger partial charge on any atom is -0.378 e. The van der Waals surface area contributed by atoms with Gasteiger partial charge in [-0.1, -0.05) is 12.1 Å². The lowest BCUT2D eigenvalue weighted by Gasteiger charge is -2.29. The lowest BCUT2D eigenvalue weighted by molar-refractivity contribution is 0.0297. The van der Waals surface area contributed by atoms with Gasteiger partial charge in [0, 0.05) is 37.3 Å². The van der Waals surface area contributed by atoms with Gasteiger partial charge in [-0.2, -0.15) is 5.10 Å². The number of hydrogen-bond donors (Lipinski definition) is 1. The first kappa shape index (κ1) is 16.7. The number of hydrogen-bond acceptors (Lipinski definition) is 4. The van der Waals surface area contributed by atoms with Gasteiger partial charge in [-0.15, -0.1) is 0 Å². The van der Waals surface area contributed by atoms with Crippen molar-refractivity contribution < 1.29 is 18.7 Å². The van der Waals surface area contributed by atoms with Crippen LogP contribution < -0.4 is 0 Å². The van der Waals surface area contributed by atoms with Crippen LogP contribution in [0.1, 0.15) is 32.1 Å². The maximum absolute atomic E-state index is 13.9. The van der Waals surface area contributed by atoms with Crippen molar-refractivity contribution in [1.82, 2.24) is 20.0 Å². The molecule has 1 N–H and O–H groups in total. The van der Waals surface area contributed by atoms with Crippen LogP contribution in [0.5, 0.6) is 0 Å². The number of ether oxygens (including phenoxy) is 1. The molecule has 0 bridgehead atoms. The zero-order chi connectivity index (χ0) is 18.1. The number of carbonyl (C=O) groups is 2. The summed E-state index contributed by atoms with van der Waals surface area (Å²) in [5.41, 5.74) is 1.96. The van der Waals surface area contributed by atoms with Crippen molar-refractivity contribution in [2.75, 3.05) is 32.8 Å². The molecule has 0 aliphatic carbocycles. The average molecular weight is 358 g/mol. The summed E-state index contributed by atoms with van der Waals surface area (Å²) in [6, 6.07) is 5.93. The summed E-state index contributed by atoms with van der Waals surface area (Å²) in [6.07, 6.45) is 0.554. The fraction of sp³-hybridized carbons (Fsp3) is 0.389. The number of nitrogens with one attached hydrogen (secondary N) is 1. The summed E-state index contributed by atoms with van der Waals surface area (Å²) in [5.74, 6) is -1.08. The van der Waals surface area contributed by atoms with Crippen molar-refractivity contribution in [3.05, 3.63) is 52.6 Å². The fourth-order valence-electron chi connectivity index (χ4n) is 3.37. The molecule has 1 aromatic carbocycles. The van der Waals surface area contributed by atoms with E-state index in [4.69, 9.17) is 4.74 Å². The van der Waals surface area contributed by atoms with Crippen molar-refractivity contribution >= 4 is 11.8 Å². The van der Waals surface area contributed by atoms with Gasteiger partial charge in [0.2, 0.25) is 0 Å². The first-order valence-electron chi connectivity index (χ1n) is 8.62. The van der Waals surface area contributed by atoms with Crippen LogP contribution in [0.4, 0.5) is 4.39 Å². The van der Waals surface area contributed by atoms with Gasteiger partial charge >= 0.3 is 0 Å². The molecule has 2 aliphatic rings. The molecule has 4 rings (SSSR count). The van der Waals surface area contributed by atoms with Crippen molar-refractivity contribution in [3.63, 3.8) is 0 Å². The van der Waals surface area contributed by atoms with Gasteiger partial charge in [0.25, 0.3) is 11.8 Å². The molecular weight excluding hydrogens is 339 g/mol. The Kier molecular flexibility index (Phi) is 4.42. The Bertz CT molecular complexity index is 845. The van der Waals surface area contributed by atoms with Crippen molar-refractivity contribution in [3.8, 4) is 0 Å². The van der Waals surface area contributed by atoms with E-state index >= 15 is 0 Å². The quantitative estimate of drug-likeness (QED) is 0.876. The molecule has 7 nitrogen and oxygen atoms in total. The number of amides is 2. The summed E-state index contributed by atoms with van der Waals surface area (Å²) >= 11 is 0. The highest BCUT2D eigenvalue weighted by molar-refractivity contribution is 5.96. The molecule has 8 heteroatoms. The summed E-state index contributed by atoms with van der Waals surface area (Å²) in [4.78, 5) is 28.7. The number of fused-ring (bicyclic) bond motifs is 1. The molecule has 1 aromatic heterocycles. The van der Waals surface area contributed by atoms with Crippen LogP contribution in [0.3, 0.4) is 0 Å². The number of morpholine rings is 1. The highest BCUT2D eigenvalue weighted by Gasteiger charge is 2.31. The Hall–Kier alpha value is -2.74. The van der Waals surface area contributed by atoms with Gasteiger partial charge < -0.3 is 14.5 Å². The van der Waals surface area contributed by atoms with Crippen LogP contribution in [0.15, 0.2) is 24.3 Å². The smallest absolute Gasteiger partial charge is 0.274 e. The number of aromatic nitrogens is 2. The monoisotopic (exact) mass is 358 g/mol. The molecule has 3 heterocycles. The molecular formula is C18H19FN4O3. The molecule has 2 aliphatic heterocycles. The third kappa shape index (κ3) is 2.96. The molecule has 2 amide bonds. The summed E-state index contributed by atoms with van der Waals surface area (Å²) in [6.45, 7) is 2.77. The highest BCUT2D eigenvalue weighted by atomic mass is 19.1. The number of carbonyl (C=O) groups excluding carboxylic acids is 2. The van der Waals surface area contributed by atoms with Crippen LogP contribution in [0.25, 0.3) is 0 Å². The predicted octanol–water partition coefficient (Wildman–Crippen LogP) is 1.22. The number of rotatable bonds is 2. The molecule has 0 unspecified atom stereocenters. The Labute approximate surface area is 149 Å². The van der Waals surface area contributed by atoms with E-state index in [1.807, 2.05) is 0 Å². The lowest BCUT2D eigenvalue weighted by atomic mass is 10.0. The SMILES string of the molecule is O=C(c1ccccc1F)N1CCc2[nH]nc(C(=O)N3CCOCC3)c2C1. The summed E-state index contributed by atoms with van der Waals surface area (Å²) < 4.78 is 19.2. The minimum atomic E-state index is -0.542. The van der Waals surface area contributed by atoms with Crippen molar-refractivity contribution in [2.45, 2.75) is 13.0 Å². The summed E-state index contributed by atoms with van der Waals surface area (Å²) in [5, 5.41) is 7.10. The van der Waals surface area contributed by atoms with E-state index in [1.165, 1.54) is 12.1 Å². The van der Waals surface area contributed by atoms with Crippen LogP contribution in [0, 0.1) is 5.82 Å². The van der Waals surface area contributed by atoms with Crippen molar-refractivity contribution in [1.29, 1.82) is 0 Å². The Morgan fingerprint density at radius 1 is 1.08 bits per heavy atom. The first-order chi connectivity index (χ1) is 12.6. The van der Waals surface area contributed by atoms with E-state index in [9.17, 15) is 14.0 Å². The largest absolute Gasteiger partial charge is 0.378 e. The number of benzene rings is 1. The van der Waals surface area contributed by atoms with Gasteiger partial charge in [-0.25, -0.2) is 4.39 Å². The number of halogens is 1. The second kappa shape index (κ2) is 6.87. The lowest BCUT2D eigenvalue weighted by Crippen LogP contribution is -2.42. The number of aromatic amines is 1. The van der Waals surface area contributed by atoms with Gasteiger partial charge in [0.05, 0.1) is 25.3 Å². The third-order valence-corrected chi connectivity index (χ3v) is 4.83. The topological polar surface area (TPSA) is 78.5 Å².